The number of furan rings is 1. The maximum atomic E-state index is 12.8. The Morgan fingerprint density at radius 3 is 2.51 bits per heavy atom. The van der Waals surface area contributed by atoms with Gasteiger partial charge in [-0.2, -0.15) is 0 Å². The zero-order chi connectivity index (χ0) is 24.4. The summed E-state index contributed by atoms with van der Waals surface area (Å²) in [6.07, 6.45) is 1.61. The Morgan fingerprint density at radius 2 is 1.74 bits per heavy atom. The fraction of sp³-hybridized carbons (Fsp3) is 0.286. The van der Waals surface area contributed by atoms with Gasteiger partial charge in [-0.05, 0) is 43.5 Å². The lowest BCUT2D eigenvalue weighted by atomic mass is 10.0. The summed E-state index contributed by atoms with van der Waals surface area (Å²) in [5.41, 5.74) is 3.77. The van der Waals surface area contributed by atoms with Crippen molar-refractivity contribution in [3.05, 3.63) is 71.8 Å². The number of amides is 2. The topological polar surface area (TPSA) is 83.8 Å². The minimum atomic E-state index is -0.110. The lowest BCUT2D eigenvalue weighted by Crippen LogP contribution is -2.46. The van der Waals surface area contributed by atoms with Crippen LogP contribution in [-0.2, 0) is 4.79 Å². The van der Waals surface area contributed by atoms with Gasteiger partial charge in [-0.25, -0.2) is 0 Å². The highest BCUT2D eigenvalue weighted by atomic mass is 16.5. The fourth-order valence-electron chi connectivity index (χ4n) is 4.74. The molecule has 0 aliphatic carbocycles. The van der Waals surface area contributed by atoms with Gasteiger partial charge in [-0.3, -0.25) is 14.5 Å². The van der Waals surface area contributed by atoms with Crippen LogP contribution < -0.4 is 15.4 Å². The summed E-state index contributed by atoms with van der Waals surface area (Å²) < 4.78 is 11.5. The maximum absolute atomic E-state index is 12.8. The van der Waals surface area contributed by atoms with E-state index < -0.39 is 0 Å². The zero-order valence-electron chi connectivity index (χ0n) is 20.0. The van der Waals surface area contributed by atoms with Gasteiger partial charge in [0, 0.05) is 41.5 Å². The second kappa shape index (κ2) is 9.80. The number of methoxy groups -OCH3 is 1. The molecule has 1 aliphatic heterocycles. The van der Waals surface area contributed by atoms with E-state index >= 15 is 0 Å². The van der Waals surface area contributed by atoms with Crippen molar-refractivity contribution >= 4 is 39.4 Å². The van der Waals surface area contributed by atoms with E-state index in [-0.39, 0.29) is 24.4 Å². The highest BCUT2D eigenvalue weighted by Crippen LogP contribution is 2.36. The van der Waals surface area contributed by atoms with E-state index in [1.165, 1.54) is 0 Å². The third-order valence-corrected chi connectivity index (χ3v) is 6.65. The number of fused-ring (bicyclic) bond motifs is 3. The van der Waals surface area contributed by atoms with E-state index in [0.717, 1.165) is 47.9 Å². The normalized spacial score (nSPS) is 14.8. The number of aryl methyl sites for hydroxylation is 1. The second-order valence-corrected chi connectivity index (χ2v) is 9.03. The van der Waals surface area contributed by atoms with Crippen LogP contribution in [0.25, 0.3) is 21.9 Å². The average Bonchev–Trinajstić information content (AvgIpc) is 3.22. The molecular formula is C28H29N3O4. The van der Waals surface area contributed by atoms with Crippen molar-refractivity contribution in [2.24, 2.45) is 0 Å². The first-order valence-corrected chi connectivity index (χ1v) is 11.9. The molecule has 2 N–H and O–H groups in total. The molecule has 3 aromatic carbocycles. The second-order valence-electron chi connectivity index (χ2n) is 9.03. The van der Waals surface area contributed by atoms with Crippen molar-refractivity contribution in [3.8, 4) is 5.75 Å². The zero-order valence-corrected chi connectivity index (χ0v) is 20.0. The van der Waals surface area contributed by atoms with Gasteiger partial charge in [0.05, 0.1) is 19.3 Å². The Balaban J connectivity index is 1.18. The number of carbonyl (C=O) groups excluding carboxylic acids is 2. The molecule has 7 heteroatoms. The molecule has 1 saturated heterocycles. The maximum Gasteiger partial charge on any atom is 0.251 e. The lowest BCUT2D eigenvalue weighted by molar-refractivity contribution is -0.117. The Hall–Kier alpha value is -3.84. The van der Waals surface area contributed by atoms with Gasteiger partial charge in [-0.15, -0.1) is 0 Å². The van der Waals surface area contributed by atoms with Gasteiger partial charge >= 0.3 is 0 Å². The van der Waals surface area contributed by atoms with Crippen molar-refractivity contribution in [1.82, 2.24) is 10.2 Å². The molecule has 0 atom stereocenters. The molecule has 2 amide bonds. The third-order valence-electron chi connectivity index (χ3n) is 6.65. The van der Waals surface area contributed by atoms with Crippen molar-refractivity contribution in [2.45, 2.75) is 25.8 Å². The van der Waals surface area contributed by atoms with Crippen LogP contribution in [0.4, 0.5) is 5.69 Å². The third kappa shape index (κ3) is 4.86. The largest absolute Gasteiger partial charge is 0.495 e. The quantitative estimate of drug-likeness (QED) is 0.425. The number of likely N-dealkylation sites (tertiary alicyclic amines) is 1. The molecule has 1 aliphatic rings. The SMILES string of the molecule is COc1cc2c(cc1NC(=O)CN1CCC(NC(=O)c3ccccc3C)CC1)oc1ccccc12. The molecule has 5 rings (SSSR count). The number of para-hydroxylation sites is 1. The van der Waals surface area contributed by atoms with Gasteiger partial charge in [0.1, 0.15) is 16.9 Å². The van der Waals surface area contributed by atoms with Crippen LogP contribution in [0.5, 0.6) is 5.75 Å². The van der Waals surface area contributed by atoms with Crippen LogP contribution in [-0.4, -0.2) is 49.5 Å². The van der Waals surface area contributed by atoms with Crippen LogP contribution >= 0.6 is 0 Å². The van der Waals surface area contributed by atoms with E-state index in [2.05, 4.69) is 15.5 Å². The first kappa shape index (κ1) is 22.9. The highest BCUT2D eigenvalue weighted by Gasteiger charge is 2.23. The van der Waals surface area contributed by atoms with Gasteiger partial charge in [0.2, 0.25) is 5.91 Å². The Kier molecular flexibility index (Phi) is 6.42. The van der Waals surface area contributed by atoms with E-state index in [0.29, 0.717) is 22.6 Å². The van der Waals surface area contributed by atoms with Crippen LogP contribution in [0.15, 0.2) is 65.1 Å². The monoisotopic (exact) mass is 471 g/mol. The van der Waals surface area contributed by atoms with Gasteiger partial charge in [-0.1, -0.05) is 36.4 Å². The highest BCUT2D eigenvalue weighted by molar-refractivity contribution is 6.07. The summed E-state index contributed by atoms with van der Waals surface area (Å²) in [5, 5.41) is 8.08. The number of ether oxygens (including phenoxy) is 1. The Labute approximate surface area is 204 Å². The molecule has 0 unspecified atom stereocenters. The first-order chi connectivity index (χ1) is 17.0. The molecular weight excluding hydrogens is 442 g/mol. The van der Waals surface area contributed by atoms with Crippen molar-refractivity contribution in [3.63, 3.8) is 0 Å². The predicted molar refractivity (Wildman–Crippen MR) is 137 cm³/mol. The summed E-state index contributed by atoms with van der Waals surface area (Å²) in [4.78, 5) is 27.5. The Bertz CT molecular complexity index is 1390. The van der Waals surface area contributed by atoms with Crippen LogP contribution in [0.3, 0.4) is 0 Å². The molecule has 1 fully saturated rings. The molecule has 0 radical (unpaired) electrons. The van der Waals surface area contributed by atoms with E-state index in [1.54, 1.807) is 7.11 Å². The van der Waals surface area contributed by atoms with Crippen molar-refractivity contribution in [2.75, 3.05) is 32.1 Å². The first-order valence-electron chi connectivity index (χ1n) is 11.9. The molecule has 180 valence electrons. The number of nitrogens with one attached hydrogen (secondary N) is 2. The number of hydrogen-bond donors (Lipinski definition) is 2. The lowest BCUT2D eigenvalue weighted by Gasteiger charge is -2.32. The molecule has 1 aromatic heterocycles. The summed E-state index contributed by atoms with van der Waals surface area (Å²) in [5.74, 6) is 0.448. The number of nitrogens with zero attached hydrogens (tertiary/aromatic N) is 1. The standard InChI is InChI=1S/C28H29N3O4/c1-18-7-3-4-8-20(18)28(33)29-19-11-13-31(14-12-19)17-27(32)30-23-16-25-22(15-26(23)34-2)21-9-5-6-10-24(21)35-25/h3-10,15-16,19H,11-14,17H2,1-2H3,(H,29,33)(H,30,32). The fourth-order valence-corrected chi connectivity index (χ4v) is 4.74. The summed E-state index contributed by atoms with van der Waals surface area (Å²) in [6, 6.07) is 19.3. The smallest absolute Gasteiger partial charge is 0.251 e. The number of carbonyl (C=O) groups is 2. The van der Waals surface area contributed by atoms with Gasteiger partial charge in [0.15, 0.2) is 0 Å². The molecule has 7 nitrogen and oxygen atoms in total. The predicted octanol–water partition coefficient (Wildman–Crippen LogP) is 4.74. The van der Waals surface area contributed by atoms with Crippen molar-refractivity contribution < 1.29 is 18.7 Å². The Morgan fingerprint density at radius 1 is 1.00 bits per heavy atom. The van der Waals surface area contributed by atoms with E-state index in [9.17, 15) is 9.59 Å². The molecule has 4 aromatic rings. The summed E-state index contributed by atoms with van der Waals surface area (Å²) in [7, 11) is 1.59. The minimum absolute atomic E-state index is 0.0348. The molecule has 35 heavy (non-hydrogen) atoms. The number of rotatable bonds is 6. The number of hydrogen-bond acceptors (Lipinski definition) is 5. The molecule has 0 saturated carbocycles. The summed E-state index contributed by atoms with van der Waals surface area (Å²) in [6.45, 7) is 3.70. The van der Waals surface area contributed by atoms with Crippen LogP contribution in [0.2, 0.25) is 0 Å². The van der Waals surface area contributed by atoms with Crippen LogP contribution in [0, 0.1) is 6.92 Å². The van der Waals surface area contributed by atoms with Gasteiger partial charge < -0.3 is 19.8 Å². The van der Waals surface area contributed by atoms with Crippen LogP contribution in [0.1, 0.15) is 28.8 Å². The minimum Gasteiger partial charge on any atom is -0.495 e. The van der Waals surface area contributed by atoms with E-state index in [4.69, 9.17) is 9.15 Å². The molecule has 0 spiro atoms. The number of anilines is 1. The number of piperidine rings is 1. The van der Waals surface area contributed by atoms with Crippen molar-refractivity contribution in [1.29, 1.82) is 0 Å². The summed E-state index contributed by atoms with van der Waals surface area (Å²) >= 11 is 0. The van der Waals surface area contributed by atoms with Gasteiger partial charge in [0.25, 0.3) is 5.91 Å². The van der Waals surface area contributed by atoms with E-state index in [1.807, 2.05) is 67.6 Å². The number of benzene rings is 3. The molecule has 2 heterocycles. The average molecular weight is 472 g/mol. The molecule has 0 bridgehead atoms.